The molecule has 1 aliphatic rings. The predicted octanol–water partition coefficient (Wildman–Crippen LogP) is 3.37. The van der Waals surface area contributed by atoms with Crippen molar-refractivity contribution in [2.24, 2.45) is 0 Å². The normalized spacial score (nSPS) is 24.9. The smallest absolute Gasteiger partial charge is 0.0618 e. The van der Waals surface area contributed by atoms with Crippen molar-refractivity contribution in [3.63, 3.8) is 0 Å². The molecule has 1 saturated heterocycles. The van der Waals surface area contributed by atoms with E-state index < -0.39 is 0 Å². The lowest BCUT2D eigenvalue weighted by Crippen LogP contribution is -2.50. The Bertz CT molecular complexity index is 390. The second-order valence-electron chi connectivity index (χ2n) is 5.59. The van der Waals surface area contributed by atoms with Gasteiger partial charge in [-0.15, -0.1) is 6.58 Å². The van der Waals surface area contributed by atoms with Gasteiger partial charge in [-0.1, -0.05) is 49.2 Å². The summed E-state index contributed by atoms with van der Waals surface area (Å²) in [5.74, 6) is 0. The average molecular weight is 259 g/mol. The maximum atomic E-state index is 9.96. The van der Waals surface area contributed by atoms with Crippen LogP contribution in [0, 0.1) is 0 Å². The molecule has 1 aromatic carbocycles. The Hall–Kier alpha value is -1.12. The van der Waals surface area contributed by atoms with Gasteiger partial charge >= 0.3 is 0 Å². The molecule has 1 heterocycles. The largest absolute Gasteiger partial charge is 0.394 e. The fourth-order valence-electron chi connectivity index (χ4n) is 3.12. The van der Waals surface area contributed by atoms with Gasteiger partial charge in [-0.05, 0) is 31.4 Å². The summed E-state index contributed by atoms with van der Waals surface area (Å²) in [7, 11) is 0. The molecule has 0 radical (unpaired) electrons. The van der Waals surface area contributed by atoms with Gasteiger partial charge < -0.3 is 5.11 Å². The first-order valence-corrected chi connectivity index (χ1v) is 7.31. The first-order valence-electron chi connectivity index (χ1n) is 7.31. The van der Waals surface area contributed by atoms with Crippen molar-refractivity contribution in [1.82, 2.24) is 4.90 Å². The Morgan fingerprint density at radius 2 is 2.00 bits per heavy atom. The van der Waals surface area contributed by atoms with Gasteiger partial charge in [0.15, 0.2) is 0 Å². The summed E-state index contributed by atoms with van der Waals surface area (Å²) in [4.78, 5) is 2.47. The molecule has 2 heteroatoms. The van der Waals surface area contributed by atoms with E-state index in [0.717, 1.165) is 25.9 Å². The van der Waals surface area contributed by atoms with Gasteiger partial charge in [-0.3, -0.25) is 4.90 Å². The molecular weight excluding hydrogens is 234 g/mol. The summed E-state index contributed by atoms with van der Waals surface area (Å²) in [6, 6.07) is 10.6. The lowest BCUT2D eigenvalue weighted by molar-refractivity contribution is 0.0251. The van der Waals surface area contributed by atoms with E-state index in [2.05, 4.69) is 41.8 Å². The quantitative estimate of drug-likeness (QED) is 0.820. The minimum Gasteiger partial charge on any atom is -0.394 e. The van der Waals surface area contributed by atoms with Crippen LogP contribution < -0.4 is 0 Å². The summed E-state index contributed by atoms with van der Waals surface area (Å²) >= 11 is 0. The zero-order valence-corrected chi connectivity index (χ0v) is 11.7. The molecule has 1 fully saturated rings. The average Bonchev–Trinajstić information content (AvgIpc) is 2.64. The molecule has 0 bridgehead atoms. The molecule has 104 valence electrons. The van der Waals surface area contributed by atoms with Gasteiger partial charge in [0.1, 0.15) is 0 Å². The summed E-state index contributed by atoms with van der Waals surface area (Å²) in [6.07, 6.45) is 7.60. The van der Waals surface area contributed by atoms with Crippen LogP contribution in [0.25, 0.3) is 0 Å². The topological polar surface area (TPSA) is 23.5 Å². The molecule has 2 nitrogen and oxygen atoms in total. The second kappa shape index (κ2) is 6.88. The van der Waals surface area contributed by atoms with Crippen LogP contribution in [0.5, 0.6) is 0 Å². The molecule has 1 atom stereocenters. The van der Waals surface area contributed by atoms with Crippen molar-refractivity contribution < 1.29 is 5.11 Å². The lowest BCUT2D eigenvalue weighted by atomic mass is 9.88. The molecule has 0 spiro atoms. The lowest BCUT2D eigenvalue weighted by Gasteiger charge is -2.41. The Labute approximate surface area is 116 Å². The number of aliphatic hydroxyl groups is 1. The SMILES string of the molecule is C=CCC1(CO)CCCCCN1Cc1ccccc1. The number of aliphatic hydroxyl groups excluding tert-OH is 1. The first kappa shape index (κ1) is 14.3. The molecule has 0 aromatic heterocycles. The van der Waals surface area contributed by atoms with E-state index >= 15 is 0 Å². The number of likely N-dealkylation sites (tertiary alicyclic amines) is 1. The molecule has 2 rings (SSSR count). The Balaban J connectivity index is 2.19. The third-order valence-corrected chi connectivity index (χ3v) is 4.28. The summed E-state index contributed by atoms with van der Waals surface area (Å²) in [5, 5.41) is 9.96. The molecular formula is C17H25NO. The summed E-state index contributed by atoms with van der Waals surface area (Å²) in [6.45, 7) is 6.11. The standard InChI is InChI=1S/C17H25NO/c1-2-11-17(15-19)12-7-4-8-13-18(17)14-16-9-5-3-6-10-16/h2-3,5-6,9-10,19H,1,4,7-8,11-15H2. The molecule has 0 aliphatic carbocycles. The Kier molecular flexibility index (Phi) is 5.17. The van der Waals surface area contributed by atoms with Crippen molar-refractivity contribution in [1.29, 1.82) is 0 Å². The van der Waals surface area contributed by atoms with Gasteiger partial charge in [-0.2, -0.15) is 0 Å². The van der Waals surface area contributed by atoms with E-state index in [0.29, 0.717) is 0 Å². The third-order valence-electron chi connectivity index (χ3n) is 4.28. The van der Waals surface area contributed by atoms with Crippen molar-refractivity contribution in [3.05, 3.63) is 48.6 Å². The number of hydrogen-bond acceptors (Lipinski definition) is 2. The van der Waals surface area contributed by atoms with Crippen molar-refractivity contribution in [2.45, 2.75) is 44.2 Å². The highest BCUT2D eigenvalue weighted by Gasteiger charge is 2.35. The van der Waals surface area contributed by atoms with Crippen molar-refractivity contribution in [3.8, 4) is 0 Å². The van der Waals surface area contributed by atoms with Crippen LogP contribution >= 0.6 is 0 Å². The van der Waals surface area contributed by atoms with E-state index in [-0.39, 0.29) is 12.1 Å². The van der Waals surface area contributed by atoms with Crippen LogP contribution in [0.4, 0.5) is 0 Å². The molecule has 1 N–H and O–H groups in total. The number of nitrogens with zero attached hydrogens (tertiary/aromatic N) is 1. The van der Waals surface area contributed by atoms with Gasteiger partial charge in [0.05, 0.1) is 6.61 Å². The van der Waals surface area contributed by atoms with E-state index in [1.54, 1.807) is 0 Å². The van der Waals surface area contributed by atoms with E-state index in [1.807, 2.05) is 6.08 Å². The van der Waals surface area contributed by atoms with Crippen LogP contribution in [0.1, 0.15) is 37.7 Å². The molecule has 0 amide bonds. The molecule has 1 unspecified atom stereocenters. The maximum Gasteiger partial charge on any atom is 0.0618 e. The monoisotopic (exact) mass is 259 g/mol. The highest BCUT2D eigenvalue weighted by Crippen LogP contribution is 2.31. The number of rotatable bonds is 5. The number of benzene rings is 1. The molecule has 1 aliphatic heterocycles. The highest BCUT2D eigenvalue weighted by atomic mass is 16.3. The Morgan fingerprint density at radius 1 is 1.21 bits per heavy atom. The zero-order valence-electron chi connectivity index (χ0n) is 11.7. The van der Waals surface area contributed by atoms with Crippen molar-refractivity contribution >= 4 is 0 Å². The van der Waals surface area contributed by atoms with Crippen LogP contribution in [0.2, 0.25) is 0 Å². The fourth-order valence-corrected chi connectivity index (χ4v) is 3.12. The molecule has 0 saturated carbocycles. The second-order valence-corrected chi connectivity index (χ2v) is 5.59. The minimum absolute atomic E-state index is 0.103. The third kappa shape index (κ3) is 3.46. The Morgan fingerprint density at radius 3 is 2.68 bits per heavy atom. The van der Waals surface area contributed by atoms with Crippen LogP contribution in [0.15, 0.2) is 43.0 Å². The summed E-state index contributed by atoms with van der Waals surface area (Å²) < 4.78 is 0. The maximum absolute atomic E-state index is 9.96. The predicted molar refractivity (Wildman–Crippen MR) is 80.0 cm³/mol. The zero-order chi connectivity index (χ0) is 13.6. The molecule has 1 aromatic rings. The van der Waals surface area contributed by atoms with Crippen LogP contribution in [-0.4, -0.2) is 28.7 Å². The van der Waals surface area contributed by atoms with Crippen LogP contribution in [-0.2, 0) is 6.54 Å². The first-order chi connectivity index (χ1) is 9.30. The van der Waals surface area contributed by atoms with Crippen molar-refractivity contribution in [2.75, 3.05) is 13.2 Å². The molecule has 19 heavy (non-hydrogen) atoms. The van der Waals surface area contributed by atoms with E-state index in [1.165, 1.54) is 24.8 Å². The van der Waals surface area contributed by atoms with Gasteiger partial charge in [0.25, 0.3) is 0 Å². The highest BCUT2D eigenvalue weighted by molar-refractivity contribution is 5.15. The fraction of sp³-hybridized carbons (Fsp3) is 0.529. The van der Waals surface area contributed by atoms with E-state index in [4.69, 9.17) is 0 Å². The van der Waals surface area contributed by atoms with Gasteiger partial charge in [-0.25, -0.2) is 0 Å². The number of hydrogen-bond donors (Lipinski definition) is 1. The van der Waals surface area contributed by atoms with Gasteiger partial charge in [0, 0.05) is 12.1 Å². The van der Waals surface area contributed by atoms with Gasteiger partial charge in [0.2, 0.25) is 0 Å². The summed E-state index contributed by atoms with van der Waals surface area (Å²) in [5.41, 5.74) is 1.22. The van der Waals surface area contributed by atoms with Crippen LogP contribution in [0.3, 0.4) is 0 Å². The van der Waals surface area contributed by atoms with E-state index in [9.17, 15) is 5.11 Å². The minimum atomic E-state index is -0.103.